The minimum absolute atomic E-state index is 0.201. The number of likely N-dealkylation sites (tertiary alicyclic amines) is 1. The van der Waals surface area contributed by atoms with Crippen molar-refractivity contribution in [3.63, 3.8) is 0 Å². The average molecular weight is 423 g/mol. The molecule has 0 unspecified atom stereocenters. The molecule has 1 aromatic heterocycles. The third-order valence-corrected chi connectivity index (χ3v) is 6.00. The quantitative estimate of drug-likeness (QED) is 0.694. The highest BCUT2D eigenvalue weighted by Crippen LogP contribution is 2.34. The number of ether oxygens (including phenoxy) is 1. The second kappa shape index (κ2) is 8.34. The Kier molecular flexibility index (Phi) is 6.15. The van der Waals surface area contributed by atoms with Crippen molar-refractivity contribution in [3.8, 4) is 5.75 Å². The molecule has 1 saturated heterocycles. The molecular weight excluding hydrogens is 400 g/mol. The molecule has 1 atom stereocenters. The molecule has 25 heavy (non-hydrogen) atoms. The van der Waals surface area contributed by atoms with E-state index in [0.717, 1.165) is 35.2 Å². The first-order valence-corrected chi connectivity index (χ1v) is 10.1. The summed E-state index contributed by atoms with van der Waals surface area (Å²) in [6, 6.07) is 10.4. The van der Waals surface area contributed by atoms with Crippen molar-refractivity contribution in [2.45, 2.75) is 25.4 Å². The monoisotopic (exact) mass is 422 g/mol. The zero-order chi connectivity index (χ0) is 17.8. The van der Waals surface area contributed by atoms with Crippen LogP contribution in [0.15, 0.2) is 40.2 Å². The van der Waals surface area contributed by atoms with Crippen LogP contribution in [0.25, 0.3) is 0 Å². The fraction of sp³-hybridized carbons (Fsp3) is 0.421. The highest BCUT2D eigenvalue weighted by atomic mass is 79.9. The molecule has 6 heteroatoms. The van der Waals surface area contributed by atoms with Gasteiger partial charge >= 0.3 is 0 Å². The standard InChI is InChI=1S/C19H23BrN2O2S/c1-21(12-14-11-15(20)7-8-17(14)24-2)13-19(23)22-9-3-5-16(22)18-6-4-10-25-18/h4,6-8,10-11,16H,3,5,9,12-13H2,1-2H3/t16-/m1/s1. The Balaban J connectivity index is 1.64. The van der Waals surface area contributed by atoms with E-state index in [0.29, 0.717) is 13.1 Å². The summed E-state index contributed by atoms with van der Waals surface area (Å²) < 4.78 is 6.44. The van der Waals surface area contributed by atoms with Crippen LogP contribution in [0.5, 0.6) is 5.75 Å². The van der Waals surface area contributed by atoms with E-state index in [2.05, 4.69) is 38.3 Å². The van der Waals surface area contributed by atoms with Gasteiger partial charge in [-0.05, 0) is 49.5 Å². The number of likely N-dealkylation sites (N-methyl/N-ethyl adjacent to an activating group) is 1. The Labute approximate surface area is 161 Å². The van der Waals surface area contributed by atoms with Crippen LogP contribution in [0.3, 0.4) is 0 Å². The molecule has 3 rings (SSSR count). The Morgan fingerprint density at radius 2 is 2.28 bits per heavy atom. The van der Waals surface area contributed by atoms with Crippen LogP contribution in [-0.4, -0.2) is 43.0 Å². The number of carbonyl (C=O) groups excluding carboxylic acids is 1. The van der Waals surface area contributed by atoms with Crippen molar-refractivity contribution in [1.29, 1.82) is 0 Å². The predicted molar refractivity (Wildman–Crippen MR) is 105 cm³/mol. The van der Waals surface area contributed by atoms with Gasteiger partial charge in [-0.3, -0.25) is 9.69 Å². The highest BCUT2D eigenvalue weighted by molar-refractivity contribution is 9.10. The summed E-state index contributed by atoms with van der Waals surface area (Å²) in [6.45, 7) is 1.94. The normalized spacial score (nSPS) is 17.3. The number of benzene rings is 1. The van der Waals surface area contributed by atoms with E-state index >= 15 is 0 Å². The third kappa shape index (κ3) is 4.43. The summed E-state index contributed by atoms with van der Waals surface area (Å²) in [4.78, 5) is 18.2. The van der Waals surface area contributed by atoms with E-state index in [9.17, 15) is 4.79 Å². The van der Waals surface area contributed by atoms with Gasteiger partial charge in [0.2, 0.25) is 5.91 Å². The Morgan fingerprint density at radius 3 is 3.00 bits per heavy atom. The molecule has 0 spiro atoms. The molecule has 0 N–H and O–H groups in total. The molecule has 2 heterocycles. The van der Waals surface area contributed by atoms with Gasteiger partial charge in [0.15, 0.2) is 0 Å². The highest BCUT2D eigenvalue weighted by Gasteiger charge is 2.30. The summed E-state index contributed by atoms with van der Waals surface area (Å²) in [7, 11) is 3.65. The van der Waals surface area contributed by atoms with E-state index in [1.165, 1.54) is 4.88 Å². The number of carbonyl (C=O) groups is 1. The predicted octanol–water partition coefficient (Wildman–Crippen LogP) is 4.31. The maximum Gasteiger partial charge on any atom is 0.237 e. The number of amides is 1. The lowest BCUT2D eigenvalue weighted by molar-refractivity contribution is -0.133. The number of methoxy groups -OCH3 is 1. The SMILES string of the molecule is COc1ccc(Br)cc1CN(C)CC(=O)N1CCC[C@@H]1c1cccs1. The van der Waals surface area contributed by atoms with Crippen molar-refractivity contribution >= 4 is 33.2 Å². The molecule has 1 aliphatic heterocycles. The lowest BCUT2D eigenvalue weighted by Gasteiger charge is -2.27. The maximum atomic E-state index is 12.8. The minimum atomic E-state index is 0.201. The second-order valence-corrected chi connectivity index (χ2v) is 8.28. The zero-order valence-corrected chi connectivity index (χ0v) is 17.0. The van der Waals surface area contributed by atoms with Gasteiger partial charge in [0, 0.05) is 28.0 Å². The molecule has 1 amide bonds. The van der Waals surface area contributed by atoms with Crippen molar-refractivity contribution in [2.24, 2.45) is 0 Å². The molecule has 0 radical (unpaired) electrons. The smallest absolute Gasteiger partial charge is 0.237 e. The largest absolute Gasteiger partial charge is 0.496 e. The summed E-state index contributed by atoms with van der Waals surface area (Å²) in [5, 5.41) is 2.09. The molecule has 4 nitrogen and oxygen atoms in total. The molecule has 134 valence electrons. The van der Waals surface area contributed by atoms with Crippen LogP contribution in [0, 0.1) is 0 Å². The van der Waals surface area contributed by atoms with Crippen molar-refractivity contribution < 1.29 is 9.53 Å². The van der Waals surface area contributed by atoms with E-state index in [1.54, 1.807) is 18.4 Å². The minimum Gasteiger partial charge on any atom is -0.496 e. The summed E-state index contributed by atoms with van der Waals surface area (Å²) in [6.07, 6.45) is 2.15. The van der Waals surface area contributed by atoms with Crippen molar-refractivity contribution in [2.75, 3.05) is 27.2 Å². The first-order chi connectivity index (χ1) is 12.1. The molecule has 2 aromatic rings. The second-order valence-electron chi connectivity index (χ2n) is 6.39. The average Bonchev–Trinajstić information content (AvgIpc) is 3.26. The molecule has 1 aromatic carbocycles. The first kappa shape index (κ1) is 18.4. The van der Waals surface area contributed by atoms with Gasteiger partial charge in [0.25, 0.3) is 0 Å². The van der Waals surface area contributed by atoms with Gasteiger partial charge in [0.05, 0.1) is 19.7 Å². The van der Waals surface area contributed by atoms with Gasteiger partial charge < -0.3 is 9.64 Å². The zero-order valence-electron chi connectivity index (χ0n) is 14.6. The number of hydrogen-bond acceptors (Lipinski definition) is 4. The van der Waals surface area contributed by atoms with E-state index in [-0.39, 0.29) is 11.9 Å². The Morgan fingerprint density at radius 1 is 1.44 bits per heavy atom. The molecule has 1 aliphatic rings. The molecule has 0 bridgehead atoms. The van der Waals surface area contributed by atoms with Gasteiger partial charge in [0.1, 0.15) is 5.75 Å². The van der Waals surface area contributed by atoms with Crippen LogP contribution < -0.4 is 4.74 Å². The molecule has 1 fully saturated rings. The van der Waals surface area contributed by atoms with Gasteiger partial charge in [-0.1, -0.05) is 22.0 Å². The number of halogens is 1. The number of nitrogens with zero attached hydrogens (tertiary/aromatic N) is 2. The Bertz CT molecular complexity index is 720. The number of rotatable bonds is 6. The van der Waals surface area contributed by atoms with E-state index in [4.69, 9.17) is 4.74 Å². The fourth-order valence-corrected chi connectivity index (χ4v) is 4.66. The first-order valence-electron chi connectivity index (χ1n) is 8.42. The van der Waals surface area contributed by atoms with Crippen LogP contribution >= 0.6 is 27.3 Å². The van der Waals surface area contributed by atoms with Gasteiger partial charge in [-0.15, -0.1) is 11.3 Å². The lowest BCUT2D eigenvalue weighted by Crippen LogP contribution is -2.38. The lowest BCUT2D eigenvalue weighted by atomic mass is 10.2. The topological polar surface area (TPSA) is 32.8 Å². The van der Waals surface area contributed by atoms with E-state index in [1.807, 2.05) is 30.1 Å². The third-order valence-electron chi connectivity index (χ3n) is 4.53. The number of thiophene rings is 1. The van der Waals surface area contributed by atoms with Crippen LogP contribution in [0.1, 0.15) is 29.3 Å². The summed E-state index contributed by atoms with van der Waals surface area (Å²) in [5.74, 6) is 1.05. The van der Waals surface area contributed by atoms with Crippen LogP contribution in [0.4, 0.5) is 0 Å². The van der Waals surface area contributed by atoms with Crippen molar-refractivity contribution in [3.05, 3.63) is 50.6 Å². The molecule has 0 aliphatic carbocycles. The summed E-state index contributed by atoms with van der Waals surface area (Å²) >= 11 is 5.24. The fourth-order valence-electron chi connectivity index (χ4n) is 3.38. The summed E-state index contributed by atoms with van der Waals surface area (Å²) in [5.41, 5.74) is 1.07. The maximum absolute atomic E-state index is 12.8. The Hall–Kier alpha value is -1.37. The van der Waals surface area contributed by atoms with Gasteiger partial charge in [-0.25, -0.2) is 0 Å². The molecular formula is C19H23BrN2O2S. The van der Waals surface area contributed by atoms with Crippen LogP contribution in [-0.2, 0) is 11.3 Å². The van der Waals surface area contributed by atoms with E-state index < -0.39 is 0 Å². The molecule has 0 saturated carbocycles. The van der Waals surface area contributed by atoms with Gasteiger partial charge in [-0.2, -0.15) is 0 Å². The van der Waals surface area contributed by atoms with Crippen LogP contribution in [0.2, 0.25) is 0 Å². The number of hydrogen-bond donors (Lipinski definition) is 0. The van der Waals surface area contributed by atoms with Crippen molar-refractivity contribution in [1.82, 2.24) is 9.80 Å².